The van der Waals surface area contributed by atoms with Crippen molar-refractivity contribution in [3.05, 3.63) is 34.6 Å². The molecule has 1 rings (SSSR count). The zero-order chi connectivity index (χ0) is 10.3. The van der Waals surface area contributed by atoms with Crippen LogP contribution in [0.5, 0.6) is 0 Å². The highest BCUT2D eigenvalue weighted by Crippen LogP contribution is 2.12. The highest BCUT2D eigenvalue weighted by atomic mass is 35.5. The first-order chi connectivity index (χ1) is 6.11. The number of aryl methyl sites for hydroxylation is 1. The fraction of sp³-hybridized carbons (Fsp3) is 0.222. The fourth-order valence-electron chi connectivity index (χ4n) is 0.608. The topological polar surface area (TPSA) is 26.3 Å². The summed E-state index contributed by atoms with van der Waals surface area (Å²) in [5.41, 5.74) is 0.586. The van der Waals surface area contributed by atoms with Crippen LogP contribution in [0.25, 0.3) is 0 Å². The van der Waals surface area contributed by atoms with Crippen molar-refractivity contribution in [2.75, 3.05) is 7.11 Å². The van der Waals surface area contributed by atoms with E-state index >= 15 is 0 Å². The molecule has 0 amide bonds. The van der Waals surface area contributed by atoms with E-state index in [1.807, 2.05) is 0 Å². The van der Waals surface area contributed by atoms with Gasteiger partial charge in [0.1, 0.15) is 5.82 Å². The Bertz CT molecular complexity index is 276. The van der Waals surface area contributed by atoms with Crippen LogP contribution in [0.1, 0.15) is 5.56 Å². The highest BCUT2D eigenvalue weighted by Gasteiger charge is 1.94. The summed E-state index contributed by atoms with van der Waals surface area (Å²) in [4.78, 5) is 8.95. The van der Waals surface area contributed by atoms with E-state index < -0.39 is 0 Å². The Kier molecular flexibility index (Phi) is 5.89. The summed E-state index contributed by atoms with van der Waals surface area (Å²) in [6.45, 7) is 2.06. The molecule has 0 N–H and O–H groups in total. The van der Waals surface area contributed by atoms with E-state index in [0.717, 1.165) is 0 Å². The van der Waals surface area contributed by atoms with Gasteiger partial charge in [-0.3, -0.25) is 4.79 Å². The Hall–Kier alpha value is -1.09. The number of halogens is 2. The lowest BCUT2D eigenvalue weighted by Gasteiger charge is -1.93. The number of ether oxygens (including phenoxy) is 1. The molecule has 0 unspecified atom stereocenters. The predicted molar refractivity (Wildman–Crippen MR) is 49.2 cm³/mol. The average Bonchev–Trinajstić information content (AvgIpc) is 2.12. The van der Waals surface area contributed by atoms with Crippen molar-refractivity contribution in [2.24, 2.45) is 0 Å². The van der Waals surface area contributed by atoms with Crippen LogP contribution in [0.4, 0.5) is 4.39 Å². The van der Waals surface area contributed by atoms with Crippen LogP contribution in [-0.2, 0) is 9.53 Å². The quantitative estimate of drug-likeness (QED) is 0.658. The van der Waals surface area contributed by atoms with Crippen molar-refractivity contribution in [3.8, 4) is 0 Å². The number of methoxy groups -OCH3 is 1. The number of rotatable bonds is 1. The Labute approximate surface area is 81.3 Å². The Balaban J connectivity index is 0.000000310. The summed E-state index contributed by atoms with van der Waals surface area (Å²) in [5.74, 6) is -0.209. The first kappa shape index (κ1) is 11.9. The lowest BCUT2D eigenvalue weighted by atomic mass is 10.2. The van der Waals surface area contributed by atoms with E-state index in [1.54, 1.807) is 13.0 Å². The Morgan fingerprint density at radius 3 is 2.38 bits per heavy atom. The van der Waals surface area contributed by atoms with Gasteiger partial charge in [-0.05, 0) is 30.7 Å². The first-order valence-corrected chi connectivity index (χ1v) is 3.87. The van der Waals surface area contributed by atoms with Crippen LogP contribution in [0, 0.1) is 12.7 Å². The summed E-state index contributed by atoms with van der Waals surface area (Å²) < 4.78 is 16.3. The Morgan fingerprint density at radius 1 is 1.54 bits per heavy atom. The van der Waals surface area contributed by atoms with Gasteiger partial charge in [0.2, 0.25) is 0 Å². The molecular weight excluding hydrogens is 195 g/mol. The largest absolute Gasteiger partial charge is 0.471 e. The maximum Gasteiger partial charge on any atom is 0.292 e. The zero-order valence-electron chi connectivity index (χ0n) is 7.38. The molecule has 0 aliphatic rings. The van der Waals surface area contributed by atoms with E-state index in [1.165, 1.54) is 19.2 Å². The van der Waals surface area contributed by atoms with Gasteiger partial charge in [0.25, 0.3) is 6.47 Å². The molecule has 1 aromatic carbocycles. The van der Waals surface area contributed by atoms with E-state index in [-0.39, 0.29) is 5.82 Å². The molecule has 0 fully saturated rings. The van der Waals surface area contributed by atoms with Gasteiger partial charge in [-0.1, -0.05) is 11.6 Å². The third-order valence-electron chi connectivity index (χ3n) is 1.22. The van der Waals surface area contributed by atoms with Gasteiger partial charge in [-0.2, -0.15) is 0 Å². The maximum atomic E-state index is 12.4. The molecule has 0 atom stereocenters. The molecule has 0 heterocycles. The van der Waals surface area contributed by atoms with Gasteiger partial charge >= 0.3 is 0 Å². The van der Waals surface area contributed by atoms with Crippen LogP contribution >= 0.6 is 11.6 Å². The monoisotopic (exact) mass is 204 g/mol. The fourth-order valence-corrected chi connectivity index (χ4v) is 0.835. The van der Waals surface area contributed by atoms with E-state index in [4.69, 9.17) is 16.4 Å². The second-order valence-electron chi connectivity index (χ2n) is 2.23. The molecule has 0 radical (unpaired) electrons. The Morgan fingerprint density at radius 2 is 2.08 bits per heavy atom. The average molecular weight is 205 g/mol. The summed E-state index contributed by atoms with van der Waals surface area (Å²) in [6.07, 6.45) is 0. The minimum Gasteiger partial charge on any atom is -0.471 e. The molecule has 0 spiro atoms. The molecule has 13 heavy (non-hydrogen) atoms. The molecule has 0 aliphatic carbocycles. The third kappa shape index (κ3) is 5.20. The lowest BCUT2D eigenvalue weighted by molar-refractivity contribution is -0.126. The molecular formula is C9H10ClFO2. The number of carbonyl (C=O) groups is 1. The summed E-state index contributed by atoms with van der Waals surface area (Å²) in [7, 11) is 1.31. The number of hydrogen-bond donors (Lipinski definition) is 0. The molecule has 0 saturated heterocycles. The summed E-state index contributed by atoms with van der Waals surface area (Å²) >= 11 is 5.55. The highest BCUT2D eigenvalue weighted by molar-refractivity contribution is 6.30. The van der Waals surface area contributed by atoms with Crippen molar-refractivity contribution >= 4 is 18.1 Å². The van der Waals surface area contributed by atoms with Crippen LogP contribution in [0.3, 0.4) is 0 Å². The van der Waals surface area contributed by atoms with Gasteiger partial charge in [0.15, 0.2) is 0 Å². The molecule has 72 valence electrons. The van der Waals surface area contributed by atoms with Crippen molar-refractivity contribution < 1.29 is 13.9 Å². The third-order valence-corrected chi connectivity index (χ3v) is 1.45. The zero-order valence-corrected chi connectivity index (χ0v) is 8.14. The minimum absolute atomic E-state index is 0.209. The smallest absolute Gasteiger partial charge is 0.292 e. The normalized spacial score (nSPS) is 8.31. The molecule has 0 saturated carbocycles. The van der Waals surface area contributed by atoms with Crippen LogP contribution < -0.4 is 0 Å². The van der Waals surface area contributed by atoms with Crippen molar-refractivity contribution in [3.63, 3.8) is 0 Å². The van der Waals surface area contributed by atoms with Gasteiger partial charge in [0.05, 0.1) is 7.11 Å². The second-order valence-corrected chi connectivity index (χ2v) is 2.66. The van der Waals surface area contributed by atoms with Crippen molar-refractivity contribution in [1.82, 2.24) is 0 Å². The maximum absolute atomic E-state index is 12.4. The van der Waals surface area contributed by atoms with Gasteiger partial charge in [-0.15, -0.1) is 0 Å². The SMILES string of the molecule is COC=O.Cc1cc(Cl)ccc1F. The molecule has 0 aromatic heterocycles. The van der Waals surface area contributed by atoms with Gasteiger partial charge < -0.3 is 4.74 Å². The molecule has 0 bridgehead atoms. The minimum atomic E-state index is -0.209. The van der Waals surface area contributed by atoms with Gasteiger partial charge in [0, 0.05) is 5.02 Å². The molecule has 2 nitrogen and oxygen atoms in total. The number of benzene rings is 1. The van der Waals surface area contributed by atoms with Gasteiger partial charge in [-0.25, -0.2) is 4.39 Å². The summed E-state index contributed by atoms with van der Waals surface area (Å²) in [5, 5.41) is 0.578. The number of carbonyl (C=O) groups excluding carboxylic acids is 1. The van der Waals surface area contributed by atoms with Crippen molar-refractivity contribution in [1.29, 1.82) is 0 Å². The molecule has 1 aromatic rings. The first-order valence-electron chi connectivity index (χ1n) is 3.50. The predicted octanol–water partition coefficient (Wildman–Crippen LogP) is 2.58. The molecule has 4 heteroatoms. The van der Waals surface area contributed by atoms with Crippen LogP contribution in [0.2, 0.25) is 5.02 Å². The van der Waals surface area contributed by atoms with Crippen LogP contribution in [0.15, 0.2) is 18.2 Å². The van der Waals surface area contributed by atoms with Crippen molar-refractivity contribution in [2.45, 2.75) is 6.92 Å². The van der Waals surface area contributed by atoms with E-state index in [9.17, 15) is 4.39 Å². The lowest BCUT2D eigenvalue weighted by Crippen LogP contribution is -1.78. The van der Waals surface area contributed by atoms with E-state index in [2.05, 4.69) is 4.74 Å². The number of hydrogen-bond acceptors (Lipinski definition) is 2. The standard InChI is InChI=1S/C7H6ClF.C2H4O2/c1-5-4-6(8)2-3-7(5)9;1-4-2-3/h2-4H,1H3;2H,1H3. The van der Waals surface area contributed by atoms with E-state index in [0.29, 0.717) is 17.1 Å². The molecule has 0 aliphatic heterocycles. The van der Waals surface area contributed by atoms with Crippen LogP contribution in [-0.4, -0.2) is 13.6 Å². The summed E-state index contributed by atoms with van der Waals surface area (Å²) in [6, 6.07) is 4.48. The second kappa shape index (κ2) is 6.43.